The number of morpholine rings is 2. The summed E-state index contributed by atoms with van der Waals surface area (Å²) in [5, 5.41) is 4.47. The van der Waals surface area contributed by atoms with Gasteiger partial charge in [-0.15, -0.1) is 0 Å². The van der Waals surface area contributed by atoms with E-state index in [1.807, 2.05) is 39.3 Å². The maximum absolute atomic E-state index is 13.5. The Morgan fingerprint density at radius 3 is 2.45 bits per heavy atom. The number of fused-ring (bicyclic) bond motifs is 1. The minimum Gasteiger partial charge on any atom is -0.379 e. The molecule has 0 aromatic heterocycles. The number of carbonyl (C=O) groups excluding carboxylic acids is 1. The van der Waals surface area contributed by atoms with Crippen LogP contribution in [0.1, 0.15) is 30.7 Å². The van der Waals surface area contributed by atoms with E-state index in [0.29, 0.717) is 44.5 Å². The molecule has 4 aliphatic heterocycles. The summed E-state index contributed by atoms with van der Waals surface area (Å²) >= 11 is 6.15. The van der Waals surface area contributed by atoms with Gasteiger partial charge in [-0.25, -0.2) is 0 Å². The van der Waals surface area contributed by atoms with Crippen molar-refractivity contribution in [3.05, 3.63) is 34.9 Å². The molecule has 0 spiro atoms. The molecule has 8 nitrogen and oxygen atoms in total. The summed E-state index contributed by atoms with van der Waals surface area (Å²) in [7, 11) is 0. The SMILES string of the molecule is O=C([C@@H]1ON2CCOC(ON3CCOCC3)[C@@H]2[C@H]1c1ccc(Cl)cc1)N1CCCCC1. The molecular formula is C22H30ClN3O5. The summed E-state index contributed by atoms with van der Waals surface area (Å²) in [6.07, 6.45) is 2.15. The quantitative estimate of drug-likeness (QED) is 0.694. The average molecular weight is 452 g/mol. The average Bonchev–Trinajstić information content (AvgIpc) is 3.21. The van der Waals surface area contributed by atoms with E-state index in [-0.39, 0.29) is 17.9 Å². The van der Waals surface area contributed by atoms with Gasteiger partial charge in [0, 0.05) is 43.7 Å². The predicted octanol–water partition coefficient (Wildman–Crippen LogP) is 2.04. The molecule has 31 heavy (non-hydrogen) atoms. The number of ether oxygens (including phenoxy) is 2. The third-order valence-electron chi connectivity index (χ3n) is 6.54. The lowest BCUT2D eigenvalue weighted by atomic mass is 9.85. The number of likely N-dealkylation sites (tertiary alicyclic amines) is 1. The van der Waals surface area contributed by atoms with E-state index in [1.165, 1.54) is 6.42 Å². The van der Waals surface area contributed by atoms with Crippen molar-refractivity contribution >= 4 is 17.5 Å². The minimum absolute atomic E-state index is 0.0548. The molecule has 5 rings (SSSR count). The summed E-state index contributed by atoms with van der Waals surface area (Å²) in [6.45, 7) is 5.32. The number of hydrogen-bond donors (Lipinski definition) is 0. The van der Waals surface area contributed by atoms with Crippen LogP contribution in [0.3, 0.4) is 0 Å². The van der Waals surface area contributed by atoms with Crippen LogP contribution in [0.15, 0.2) is 24.3 Å². The van der Waals surface area contributed by atoms with Crippen LogP contribution >= 0.6 is 11.6 Å². The van der Waals surface area contributed by atoms with Gasteiger partial charge in [0.2, 0.25) is 0 Å². The molecule has 4 atom stereocenters. The van der Waals surface area contributed by atoms with Crippen LogP contribution < -0.4 is 0 Å². The van der Waals surface area contributed by atoms with E-state index in [2.05, 4.69) is 0 Å². The van der Waals surface area contributed by atoms with Crippen molar-refractivity contribution in [2.24, 2.45) is 0 Å². The highest BCUT2D eigenvalue weighted by Crippen LogP contribution is 2.42. The molecule has 1 amide bonds. The maximum atomic E-state index is 13.5. The fourth-order valence-corrected chi connectivity index (χ4v) is 5.07. The first-order valence-electron chi connectivity index (χ1n) is 11.3. The predicted molar refractivity (Wildman–Crippen MR) is 113 cm³/mol. The second-order valence-electron chi connectivity index (χ2n) is 8.51. The van der Waals surface area contributed by atoms with Gasteiger partial charge >= 0.3 is 0 Å². The van der Waals surface area contributed by atoms with E-state index in [1.54, 1.807) is 0 Å². The Bertz CT molecular complexity index is 754. The molecule has 9 heteroatoms. The zero-order chi connectivity index (χ0) is 21.2. The van der Waals surface area contributed by atoms with Gasteiger partial charge in [-0.05, 0) is 37.0 Å². The van der Waals surface area contributed by atoms with Crippen LogP contribution in [0.25, 0.3) is 0 Å². The number of hydrogen-bond acceptors (Lipinski definition) is 7. The molecule has 0 aliphatic carbocycles. The minimum atomic E-state index is -0.596. The van der Waals surface area contributed by atoms with Crippen molar-refractivity contribution in [2.75, 3.05) is 52.5 Å². The third-order valence-corrected chi connectivity index (χ3v) is 6.79. The van der Waals surface area contributed by atoms with E-state index in [4.69, 9.17) is 30.7 Å². The molecule has 4 aliphatic rings. The Morgan fingerprint density at radius 1 is 0.968 bits per heavy atom. The number of amides is 1. The largest absolute Gasteiger partial charge is 0.379 e. The number of rotatable bonds is 4. The van der Waals surface area contributed by atoms with Crippen molar-refractivity contribution < 1.29 is 23.9 Å². The highest BCUT2D eigenvalue weighted by Gasteiger charge is 2.54. The lowest BCUT2D eigenvalue weighted by Gasteiger charge is -2.39. The zero-order valence-electron chi connectivity index (χ0n) is 17.7. The van der Waals surface area contributed by atoms with Gasteiger partial charge in [0.15, 0.2) is 12.4 Å². The molecule has 0 N–H and O–H groups in total. The number of piperidine rings is 1. The maximum Gasteiger partial charge on any atom is 0.254 e. The van der Waals surface area contributed by atoms with Gasteiger partial charge in [0.05, 0.1) is 25.9 Å². The van der Waals surface area contributed by atoms with E-state index in [9.17, 15) is 4.79 Å². The lowest BCUT2D eigenvalue weighted by molar-refractivity contribution is -0.343. The van der Waals surface area contributed by atoms with Crippen LogP contribution in [-0.4, -0.2) is 91.9 Å². The van der Waals surface area contributed by atoms with Crippen molar-refractivity contribution in [3.63, 3.8) is 0 Å². The molecule has 1 aromatic rings. The molecule has 0 bridgehead atoms. The van der Waals surface area contributed by atoms with Gasteiger partial charge in [0.25, 0.3) is 5.91 Å². The smallest absolute Gasteiger partial charge is 0.254 e. The van der Waals surface area contributed by atoms with Gasteiger partial charge < -0.3 is 14.4 Å². The van der Waals surface area contributed by atoms with Crippen LogP contribution in [0.5, 0.6) is 0 Å². The van der Waals surface area contributed by atoms with E-state index < -0.39 is 12.4 Å². The van der Waals surface area contributed by atoms with Crippen LogP contribution in [-0.2, 0) is 23.9 Å². The number of benzene rings is 1. The van der Waals surface area contributed by atoms with E-state index in [0.717, 1.165) is 31.5 Å². The first-order valence-corrected chi connectivity index (χ1v) is 11.7. The summed E-state index contributed by atoms with van der Waals surface area (Å²) in [4.78, 5) is 28.0. The highest BCUT2D eigenvalue weighted by atomic mass is 35.5. The van der Waals surface area contributed by atoms with Gasteiger partial charge in [-0.3, -0.25) is 14.5 Å². The number of carbonyl (C=O) groups is 1. The Hall–Kier alpha value is -1.26. The normalized spacial score (nSPS) is 32.7. The second-order valence-corrected chi connectivity index (χ2v) is 8.94. The molecule has 1 unspecified atom stereocenters. The fraction of sp³-hybridized carbons (Fsp3) is 0.682. The van der Waals surface area contributed by atoms with Gasteiger partial charge in [0.1, 0.15) is 0 Å². The Labute approximate surface area is 187 Å². The molecule has 0 radical (unpaired) electrons. The third kappa shape index (κ3) is 4.61. The number of hydroxylamine groups is 4. The lowest BCUT2D eigenvalue weighted by Crippen LogP contribution is -2.53. The Kier molecular flexibility index (Phi) is 6.75. The monoisotopic (exact) mass is 451 g/mol. The summed E-state index contributed by atoms with van der Waals surface area (Å²) in [5.74, 6) is -0.155. The van der Waals surface area contributed by atoms with Crippen molar-refractivity contribution in [1.29, 1.82) is 0 Å². The Morgan fingerprint density at radius 2 is 1.71 bits per heavy atom. The van der Waals surface area contributed by atoms with Crippen molar-refractivity contribution in [2.45, 2.75) is 43.6 Å². The molecule has 0 saturated carbocycles. The van der Waals surface area contributed by atoms with Gasteiger partial charge in [-0.1, -0.05) is 23.7 Å². The molecule has 1 aromatic carbocycles. The number of halogens is 1. The first-order chi connectivity index (χ1) is 15.2. The molecular weight excluding hydrogens is 422 g/mol. The standard InChI is InChI=1S/C22H30ClN3O5/c23-17-6-4-16(5-7-17)18-19-22(31-25-10-13-28-14-11-25)29-15-12-26(19)30-20(18)21(27)24-8-2-1-3-9-24/h4-7,18-20,22H,1-3,8-15H2/t18-,19+,20-,22?/m1/s1. The van der Waals surface area contributed by atoms with Crippen molar-refractivity contribution in [3.8, 4) is 0 Å². The molecule has 4 saturated heterocycles. The second kappa shape index (κ2) is 9.70. The molecule has 4 heterocycles. The van der Waals surface area contributed by atoms with E-state index >= 15 is 0 Å². The number of nitrogens with zero attached hydrogens (tertiary/aromatic N) is 3. The summed E-state index contributed by atoms with van der Waals surface area (Å²) in [6, 6.07) is 7.47. The van der Waals surface area contributed by atoms with Crippen molar-refractivity contribution in [1.82, 2.24) is 15.0 Å². The fourth-order valence-electron chi connectivity index (χ4n) is 4.95. The molecule has 170 valence electrons. The highest BCUT2D eigenvalue weighted by molar-refractivity contribution is 6.30. The summed E-state index contributed by atoms with van der Waals surface area (Å²) in [5.41, 5.74) is 1.01. The Balaban J connectivity index is 1.43. The first kappa shape index (κ1) is 21.6. The summed E-state index contributed by atoms with van der Waals surface area (Å²) < 4.78 is 11.5. The van der Waals surface area contributed by atoms with Crippen LogP contribution in [0.4, 0.5) is 0 Å². The topological polar surface area (TPSA) is 63.7 Å². The van der Waals surface area contributed by atoms with Gasteiger partial charge in [-0.2, -0.15) is 10.1 Å². The van der Waals surface area contributed by atoms with Crippen LogP contribution in [0, 0.1) is 0 Å². The van der Waals surface area contributed by atoms with Crippen LogP contribution in [0.2, 0.25) is 5.02 Å². The zero-order valence-corrected chi connectivity index (χ0v) is 18.4. The molecule has 4 fully saturated rings.